The van der Waals surface area contributed by atoms with Gasteiger partial charge >= 0.3 is 5.97 Å². The van der Waals surface area contributed by atoms with Gasteiger partial charge in [0.1, 0.15) is 16.6 Å². The van der Waals surface area contributed by atoms with Gasteiger partial charge in [0.15, 0.2) is 5.65 Å². The minimum Gasteiger partial charge on any atom is -0.465 e. The summed E-state index contributed by atoms with van der Waals surface area (Å²) in [6, 6.07) is 4.40. The van der Waals surface area contributed by atoms with Crippen LogP contribution in [0.4, 0.5) is 4.39 Å². The van der Waals surface area contributed by atoms with Crippen molar-refractivity contribution in [3.63, 3.8) is 0 Å². The zero-order chi connectivity index (χ0) is 16.4. The van der Waals surface area contributed by atoms with Gasteiger partial charge in [0, 0.05) is 10.9 Å². The second-order valence-electron chi connectivity index (χ2n) is 4.87. The number of nitrogens with one attached hydrogen (secondary N) is 1. The fraction of sp³-hybridized carbons (Fsp3) is 0.333. The van der Waals surface area contributed by atoms with Crippen molar-refractivity contribution in [1.29, 1.82) is 0 Å². The number of rotatable bonds is 5. The number of hydrogen-bond acceptors (Lipinski definition) is 6. The Bertz CT molecular complexity index is 867. The molecule has 1 atom stereocenters. The lowest BCUT2D eigenvalue weighted by atomic mass is 10.2. The first-order chi connectivity index (χ1) is 11.1. The molecule has 0 saturated carbocycles. The largest absolute Gasteiger partial charge is 0.465 e. The molecule has 1 N–H and O–H groups in total. The number of carbonyl (C=O) groups excluding carboxylic acids is 1. The van der Waals surface area contributed by atoms with Gasteiger partial charge in [-0.15, -0.1) is 10.2 Å². The molecule has 6 nitrogen and oxygen atoms in total. The maximum atomic E-state index is 13.4. The van der Waals surface area contributed by atoms with Crippen LogP contribution in [-0.2, 0) is 9.53 Å². The molecule has 0 bridgehead atoms. The molecule has 0 saturated heterocycles. The summed E-state index contributed by atoms with van der Waals surface area (Å²) in [5.74, 6) is -0.630. The Morgan fingerprint density at radius 2 is 2.22 bits per heavy atom. The van der Waals surface area contributed by atoms with Crippen LogP contribution in [0.2, 0.25) is 0 Å². The van der Waals surface area contributed by atoms with Crippen molar-refractivity contribution in [2.75, 3.05) is 6.61 Å². The molecule has 0 aliphatic carbocycles. The highest BCUT2D eigenvalue weighted by molar-refractivity contribution is 8.00. The first-order valence-corrected chi connectivity index (χ1v) is 8.15. The van der Waals surface area contributed by atoms with Gasteiger partial charge < -0.3 is 9.72 Å². The normalized spacial score (nSPS) is 12.7. The van der Waals surface area contributed by atoms with Crippen molar-refractivity contribution in [2.45, 2.75) is 30.7 Å². The molecule has 2 aromatic heterocycles. The molecule has 0 aliphatic rings. The van der Waals surface area contributed by atoms with Gasteiger partial charge in [-0.05, 0) is 31.5 Å². The molecule has 0 fully saturated rings. The van der Waals surface area contributed by atoms with Crippen LogP contribution < -0.4 is 0 Å². The van der Waals surface area contributed by atoms with E-state index in [-0.39, 0.29) is 17.0 Å². The van der Waals surface area contributed by atoms with Gasteiger partial charge in [-0.2, -0.15) is 0 Å². The summed E-state index contributed by atoms with van der Waals surface area (Å²) in [6.07, 6.45) is 0.600. The molecule has 1 aromatic carbocycles. The Morgan fingerprint density at radius 1 is 1.39 bits per heavy atom. The lowest BCUT2D eigenvalue weighted by Crippen LogP contribution is -2.19. The Morgan fingerprint density at radius 3 is 2.96 bits per heavy atom. The quantitative estimate of drug-likeness (QED) is 0.570. The van der Waals surface area contributed by atoms with Crippen LogP contribution in [-0.4, -0.2) is 38.0 Å². The maximum absolute atomic E-state index is 13.4. The number of halogens is 1. The molecule has 0 radical (unpaired) electrons. The van der Waals surface area contributed by atoms with Crippen molar-refractivity contribution in [3.05, 3.63) is 24.0 Å². The van der Waals surface area contributed by atoms with Crippen molar-refractivity contribution >= 4 is 39.8 Å². The summed E-state index contributed by atoms with van der Waals surface area (Å²) < 4.78 is 18.4. The molecular weight excluding hydrogens is 319 g/mol. The predicted octanol–water partition coefficient (Wildman–Crippen LogP) is 3.08. The van der Waals surface area contributed by atoms with E-state index in [4.69, 9.17) is 4.74 Å². The number of benzene rings is 1. The van der Waals surface area contributed by atoms with Gasteiger partial charge in [0.2, 0.25) is 5.16 Å². The minimum atomic E-state index is -0.379. The smallest absolute Gasteiger partial charge is 0.319 e. The third-order valence-electron chi connectivity index (χ3n) is 3.33. The van der Waals surface area contributed by atoms with E-state index in [1.165, 1.54) is 23.9 Å². The third-order valence-corrected chi connectivity index (χ3v) is 4.52. The average Bonchev–Trinajstić information content (AvgIpc) is 2.89. The van der Waals surface area contributed by atoms with Gasteiger partial charge in [0.25, 0.3) is 0 Å². The van der Waals surface area contributed by atoms with E-state index in [1.54, 1.807) is 13.0 Å². The minimum absolute atomic E-state index is 0.289. The topological polar surface area (TPSA) is 80.8 Å². The van der Waals surface area contributed by atoms with Crippen LogP contribution in [0.3, 0.4) is 0 Å². The molecule has 3 rings (SSSR count). The van der Waals surface area contributed by atoms with Crippen molar-refractivity contribution in [2.24, 2.45) is 0 Å². The summed E-state index contributed by atoms with van der Waals surface area (Å²) in [7, 11) is 0. The zero-order valence-electron chi connectivity index (χ0n) is 12.7. The lowest BCUT2D eigenvalue weighted by molar-refractivity contribution is -0.142. The van der Waals surface area contributed by atoms with Crippen LogP contribution in [0.25, 0.3) is 22.1 Å². The number of thioether (sulfide) groups is 1. The highest BCUT2D eigenvalue weighted by Gasteiger charge is 2.21. The summed E-state index contributed by atoms with van der Waals surface area (Å²) >= 11 is 1.21. The van der Waals surface area contributed by atoms with E-state index in [9.17, 15) is 9.18 Å². The summed E-state index contributed by atoms with van der Waals surface area (Å²) in [5, 5.41) is 8.79. The highest BCUT2D eigenvalue weighted by Crippen LogP contribution is 2.27. The lowest BCUT2D eigenvalue weighted by Gasteiger charge is -2.11. The van der Waals surface area contributed by atoms with Crippen LogP contribution in [0.5, 0.6) is 0 Å². The first kappa shape index (κ1) is 15.7. The zero-order valence-corrected chi connectivity index (χ0v) is 13.5. The second-order valence-corrected chi connectivity index (χ2v) is 6.04. The highest BCUT2D eigenvalue weighted by atomic mass is 32.2. The van der Waals surface area contributed by atoms with E-state index < -0.39 is 0 Å². The predicted molar refractivity (Wildman–Crippen MR) is 85.7 cm³/mol. The van der Waals surface area contributed by atoms with Gasteiger partial charge in [-0.3, -0.25) is 4.79 Å². The number of esters is 1. The molecule has 0 spiro atoms. The van der Waals surface area contributed by atoms with Crippen LogP contribution in [0.15, 0.2) is 23.4 Å². The number of carbonyl (C=O) groups is 1. The van der Waals surface area contributed by atoms with E-state index >= 15 is 0 Å². The van der Waals surface area contributed by atoms with Gasteiger partial charge in [-0.25, -0.2) is 9.37 Å². The Hall–Kier alpha value is -2.22. The average molecular weight is 334 g/mol. The Labute approximate surface area is 135 Å². The Balaban J connectivity index is 1.93. The SMILES string of the molecule is CCOC(=O)[C@@H](CC)Sc1nnc2c(n1)[nH]c1ccc(F)cc12. The van der Waals surface area contributed by atoms with Crippen LogP contribution >= 0.6 is 11.8 Å². The molecule has 0 unspecified atom stereocenters. The molecule has 2 heterocycles. The van der Waals surface area contributed by atoms with E-state index in [1.807, 2.05) is 6.92 Å². The molecule has 8 heteroatoms. The third kappa shape index (κ3) is 3.12. The number of nitrogens with zero attached hydrogens (tertiary/aromatic N) is 3. The van der Waals surface area contributed by atoms with Crippen LogP contribution in [0.1, 0.15) is 20.3 Å². The standard InChI is InChI=1S/C15H15FN4O2S/c1-3-11(14(21)22-4-2)23-15-18-13-12(19-20-15)9-7-8(16)5-6-10(9)17-13/h5-7,11H,3-4H2,1-2H3,(H,17,18,20)/t11-/m1/s1. The fourth-order valence-electron chi connectivity index (χ4n) is 2.24. The summed E-state index contributed by atoms with van der Waals surface area (Å²) in [4.78, 5) is 19.3. The first-order valence-electron chi connectivity index (χ1n) is 7.27. The summed E-state index contributed by atoms with van der Waals surface area (Å²) in [6.45, 7) is 4.00. The van der Waals surface area contributed by atoms with Crippen molar-refractivity contribution in [1.82, 2.24) is 20.2 Å². The second kappa shape index (κ2) is 6.49. The number of aromatic nitrogens is 4. The number of hydrogen-bond donors (Lipinski definition) is 1. The number of ether oxygens (including phenoxy) is 1. The molecule has 0 amide bonds. The molecule has 120 valence electrons. The summed E-state index contributed by atoms with van der Waals surface area (Å²) in [5.41, 5.74) is 1.76. The van der Waals surface area contributed by atoms with E-state index in [0.29, 0.717) is 34.7 Å². The van der Waals surface area contributed by atoms with Gasteiger partial charge in [-0.1, -0.05) is 18.7 Å². The number of fused-ring (bicyclic) bond motifs is 3. The monoisotopic (exact) mass is 334 g/mol. The fourth-order valence-corrected chi connectivity index (χ4v) is 3.06. The maximum Gasteiger partial charge on any atom is 0.319 e. The molecular formula is C15H15FN4O2S. The molecule has 23 heavy (non-hydrogen) atoms. The van der Waals surface area contributed by atoms with E-state index in [2.05, 4.69) is 20.2 Å². The van der Waals surface area contributed by atoms with Crippen molar-refractivity contribution in [3.8, 4) is 0 Å². The molecule has 3 aromatic rings. The number of H-pyrrole nitrogens is 1. The Kier molecular flexibility index (Phi) is 4.42. The van der Waals surface area contributed by atoms with E-state index in [0.717, 1.165) is 5.52 Å². The van der Waals surface area contributed by atoms with Crippen LogP contribution in [0, 0.1) is 5.82 Å². The van der Waals surface area contributed by atoms with Gasteiger partial charge in [0.05, 0.1) is 6.61 Å². The van der Waals surface area contributed by atoms with Crippen molar-refractivity contribution < 1.29 is 13.9 Å². The number of aromatic amines is 1. The molecule has 0 aliphatic heterocycles.